The predicted molar refractivity (Wildman–Crippen MR) is 205 cm³/mol. The van der Waals surface area contributed by atoms with E-state index in [0.29, 0.717) is 17.9 Å². The van der Waals surface area contributed by atoms with E-state index in [1.54, 1.807) is 38.3 Å². The van der Waals surface area contributed by atoms with Crippen LogP contribution in [0.1, 0.15) is 70.3 Å². The standard InChI is InChI=1S/C39H48N6O6S/c1-25(29-12-16-33(40)17-13-29)42-37(46)27(3)41-24-34(20-28-10-8-7-9-11-28)44-39(48)32-21-31(22-35(23-32)45(4)52(6,49)50)38(47)43-26(2)30-14-18-36(51-5)19-15-30/h7-19,21-23,25-27,34,41H,20,24,40H2,1-6H3,(H,42,46)(H,43,47)(H,44,48)/t25-,26-,27+,34+/m1/s1. The van der Waals surface area contributed by atoms with Crippen LogP contribution in [0.5, 0.6) is 5.75 Å². The van der Waals surface area contributed by atoms with Gasteiger partial charge in [0.1, 0.15) is 5.75 Å². The van der Waals surface area contributed by atoms with Crippen LogP contribution in [0, 0.1) is 0 Å². The van der Waals surface area contributed by atoms with Gasteiger partial charge < -0.3 is 31.7 Å². The summed E-state index contributed by atoms with van der Waals surface area (Å²) in [6.45, 7) is 5.69. The molecule has 0 unspecified atom stereocenters. The number of hydrogen-bond donors (Lipinski definition) is 5. The molecule has 0 radical (unpaired) electrons. The molecule has 12 nitrogen and oxygen atoms in total. The molecular formula is C39H48N6O6S. The Balaban J connectivity index is 1.54. The molecule has 4 aromatic rings. The summed E-state index contributed by atoms with van der Waals surface area (Å²) in [6, 6.07) is 26.7. The van der Waals surface area contributed by atoms with Crippen LogP contribution in [0.15, 0.2) is 97.1 Å². The van der Waals surface area contributed by atoms with Gasteiger partial charge in [-0.25, -0.2) is 8.42 Å². The first-order chi connectivity index (χ1) is 24.6. The monoisotopic (exact) mass is 728 g/mol. The van der Waals surface area contributed by atoms with Crippen molar-refractivity contribution in [2.45, 2.75) is 51.4 Å². The van der Waals surface area contributed by atoms with Gasteiger partial charge in [-0.15, -0.1) is 0 Å². The Morgan fingerprint density at radius 2 is 1.31 bits per heavy atom. The third-order valence-electron chi connectivity index (χ3n) is 8.79. The Hall–Kier alpha value is -5.40. The number of anilines is 2. The van der Waals surface area contributed by atoms with E-state index in [1.165, 1.54) is 25.2 Å². The Bertz CT molecular complexity index is 1940. The minimum absolute atomic E-state index is 0.0939. The summed E-state index contributed by atoms with van der Waals surface area (Å²) < 4.78 is 31.3. The highest BCUT2D eigenvalue weighted by Crippen LogP contribution is 2.23. The molecule has 0 saturated carbocycles. The lowest BCUT2D eigenvalue weighted by Crippen LogP contribution is -2.49. The Kier molecular flexibility index (Phi) is 13.4. The lowest BCUT2D eigenvalue weighted by Gasteiger charge is -2.24. The van der Waals surface area contributed by atoms with Crippen molar-refractivity contribution < 1.29 is 27.5 Å². The number of ether oxygens (including phenoxy) is 1. The van der Waals surface area contributed by atoms with Crippen LogP contribution in [0.3, 0.4) is 0 Å². The fourth-order valence-corrected chi connectivity index (χ4v) is 5.95. The minimum atomic E-state index is -3.73. The van der Waals surface area contributed by atoms with E-state index in [2.05, 4.69) is 21.3 Å². The molecule has 6 N–H and O–H groups in total. The second kappa shape index (κ2) is 17.7. The van der Waals surface area contributed by atoms with E-state index in [0.717, 1.165) is 27.3 Å². The van der Waals surface area contributed by atoms with Crippen LogP contribution in [-0.2, 0) is 21.2 Å². The van der Waals surface area contributed by atoms with Gasteiger partial charge in [-0.05, 0) is 86.3 Å². The minimum Gasteiger partial charge on any atom is -0.497 e. The van der Waals surface area contributed by atoms with E-state index in [9.17, 15) is 22.8 Å². The molecule has 52 heavy (non-hydrogen) atoms. The number of methoxy groups -OCH3 is 1. The number of carbonyl (C=O) groups is 3. The first-order valence-electron chi connectivity index (χ1n) is 16.9. The number of nitrogen functional groups attached to an aromatic ring is 1. The largest absolute Gasteiger partial charge is 0.497 e. The van der Waals surface area contributed by atoms with Crippen molar-refractivity contribution in [1.29, 1.82) is 0 Å². The predicted octanol–water partition coefficient (Wildman–Crippen LogP) is 4.36. The van der Waals surface area contributed by atoms with Crippen molar-refractivity contribution in [2.24, 2.45) is 0 Å². The molecule has 0 bridgehead atoms. The van der Waals surface area contributed by atoms with E-state index in [1.807, 2.05) is 68.4 Å². The molecule has 0 aromatic heterocycles. The fraction of sp³-hybridized carbons (Fsp3) is 0.308. The van der Waals surface area contributed by atoms with Crippen LogP contribution in [0.4, 0.5) is 11.4 Å². The summed E-state index contributed by atoms with van der Waals surface area (Å²) in [7, 11) is -0.800. The molecule has 4 rings (SSSR count). The van der Waals surface area contributed by atoms with Crippen LogP contribution in [0.25, 0.3) is 0 Å². The van der Waals surface area contributed by atoms with Crippen molar-refractivity contribution in [1.82, 2.24) is 21.3 Å². The number of rotatable bonds is 16. The maximum Gasteiger partial charge on any atom is 0.251 e. The van der Waals surface area contributed by atoms with Gasteiger partial charge >= 0.3 is 0 Å². The third-order valence-corrected chi connectivity index (χ3v) is 9.99. The van der Waals surface area contributed by atoms with Crippen molar-refractivity contribution >= 4 is 39.1 Å². The smallest absolute Gasteiger partial charge is 0.251 e. The summed E-state index contributed by atoms with van der Waals surface area (Å²) in [5, 5.41) is 12.2. The number of nitrogens with one attached hydrogen (secondary N) is 4. The number of nitrogens with two attached hydrogens (primary N) is 1. The zero-order valence-corrected chi connectivity index (χ0v) is 31.2. The number of benzene rings is 4. The molecule has 276 valence electrons. The lowest BCUT2D eigenvalue weighted by molar-refractivity contribution is -0.123. The van der Waals surface area contributed by atoms with Crippen molar-refractivity contribution in [2.75, 3.05) is 37.0 Å². The molecule has 3 amide bonds. The lowest BCUT2D eigenvalue weighted by atomic mass is 10.0. The Morgan fingerprint density at radius 3 is 1.87 bits per heavy atom. The molecule has 4 atom stereocenters. The van der Waals surface area contributed by atoms with Gasteiger partial charge in [-0.2, -0.15) is 0 Å². The van der Waals surface area contributed by atoms with E-state index in [-0.39, 0.29) is 35.3 Å². The highest BCUT2D eigenvalue weighted by atomic mass is 32.2. The number of sulfonamides is 1. The highest BCUT2D eigenvalue weighted by molar-refractivity contribution is 7.92. The molecule has 13 heteroatoms. The number of nitrogens with zero attached hydrogens (tertiary/aromatic N) is 1. The molecule has 0 spiro atoms. The van der Waals surface area contributed by atoms with Gasteiger partial charge in [0.2, 0.25) is 15.9 Å². The molecule has 0 fully saturated rings. The molecule has 0 aliphatic carbocycles. The van der Waals surface area contributed by atoms with Gasteiger partial charge in [0.05, 0.1) is 37.2 Å². The number of amides is 3. The Morgan fingerprint density at radius 1 is 0.769 bits per heavy atom. The zero-order chi connectivity index (χ0) is 38.0. The SMILES string of the molecule is COc1ccc([C@@H](C)NC(=O)c2cc(C(=O)N[C@H](CN[C@@H](C)C(=O)N[C@H](C)c3ccc(N)cc3)Cc3ccccc3)cc(N(C)S(C)(=O)=O)c2)cc1. The quantitative estimate of drug-likeness (QED) is 0.106. The van der Waals surface area contributed by atoms with Gasteiger partial charge in [-0.3, -0.25) is 18.7 Å². The van der Waals surface area contributed by atoms with Crippen molar-refractivity contribution in [3.05, 3.63) is 125 Å². The van der Waals surface area contributed by atoms with Gasteiger partial charge in [0.15, 0.2) is 0 Å². The summed E-state index contributed by atoms with van der Waals surface area (Å²) in [5.74, 6) is -0.545. The summed E-state index contributed by atoms with van der Waals surface area (Å²) in [6.07, 6.45) is 1.48. The maximum atomic E-state index is 13.9. The van der Waals surface area contributed by atoms with Crippen molar-refractivity contribution in [3.8, 4) is 5.75 Å². The summed E-state index contributed by atoms with van der Waals surface area (Å²) >= 11 is 0. The van der Waals surface area contributed by atoms with Gasteiger partial charge in [0, 0.05) is 36.4 Å². The van der Waals surface area contributed by atoms with Crippen LogP contribution < -0.4 is 36.0 Å². The molecule has 0 aliphatic heterocycles. The molecule has 0 aliphatic rings. The summed E-state index contributed by atoms with van der Waals surface area (Å²) in [4.78, 5) is 40.6. The van der Waals surface area contributed by atoms with E-state index in [4.69, 9.17) is 10.5 Å². The van der Waals surface area contributed by atoms with Crippen LogP contribution in [-0.4, -0.2) is 65.2 Å². The number of carbonyl (C=O) groups excluding carboxylic acids is 3. The zero-order valence-electron chi connectivity index (χ0n) is 30.3. The normalized spacial score (nSPS) is 13.6. The van der Waals surface area contributed by atoms with Crippen molar-refractivity contribution in [3.63, 3.8) is 0 Å². The molecule has 4 aromatic carbocycles. The van der Waals surface area contributed by atoms with Crippen LogP contribution in [0.2, 0.25) is 0 Å². The topological polar surface area (TPSA) is 172 Å². The highest BCUT2D eigenvalue weighted by Gasteiger charge is 2.23. The number of hydrogen-bond acceptors (Lipinski definition) is 8. The first-order valence-corrected chi connectivity index (χ1v) is 18.8. The van der Waals surface area contributed by atoms with Gasteiger partial charge in [-0.1, -0.05) is 54.6 Å². The molecule has 0 heterocycles. The second-order valence-electron chi connectivity index (χ2n) is 12.9. The fourth-order valence-electron chi connectivity index (χ4n) is 5.46. The average Bonchev–Trinajstić information content (AvgIpc) is 3.13. The van der Waals surface area contributed by atoms with E-state index < -0.39 is 40.0 Å². The van der Waals surface area contributed by atoms with Crippen LogP contribution >= 0.6 is 0 Å². The van der Waals surface area contributed by atoms with E-state index >= 15 is 0 Å². The summed E-state index contributed by atoms with van der Waals surface area (Å²) in [5.41, 5.74) is 9.49. The second-order valence-corrected chi connectivity index (χ2v) is 14.9. The third kappa shape index (κ3) is 11.0. The Labute approximate surface area is 306 Å². The molecule has 0 saturated heterocycles. The molecular weight excluding hydrogens is 681 g/mol. The maximum absolute atomic E-state index is 13.9. The average molecular weight is 729 g/mol. The van der Waals surface area contributed by atoms with Gasteiger partial charge in [0.25, 0.3) is 11.8 Å². The first kappa shape index (κ1) is 39.4.